The average Bonchev–Trinajstić information content (AvgIpc) is 3.18. The molecule has 0 amide bonds. The molecule has 0 unspecified atom stereocenters. The topological polar surface area (TPSA) is 63.6 Å². The number of aromatic nitrogens is 4. The van der Waals surface area contributed by atoms with Gasteiger partial charge in [-0.2, -0.15) is 0 Å². The van der Waals surface area contributed by atoms with Crippen LogP contribution in [0, 0.1) is 5.41 Å². The molecule has 1 aliphatic rings. The molecule has 0 saturated heterocycles. The molecule has 1 aromatic carbocycles. The van der Waals surface area contributed by atoms with Crippen molar-refractivity contribution in [1.82, 2.24) is 19.9 Å². The molecular weight excluding hydrogens is 370 g/mol. The first-order valence-electron chi connectivity index (χ1n) is 10.1. The molecule has 1 N–H and O–H groups in total. The fraction of sp³-hybridized carbons (Fsp3) is 0.200. The predicted molar refractivity (Wildman–Crippen MR) is 121 cm³/mol. The quantitative estimate of drug-likeness (QED) is 0.475. The Bertz CT molecular complexity index is 1270. The van der Waals surface area contributed by atoms with E-state index in [0.717, 1.165) is 34.4 Å². The highest BCUT2D eigenvalue weighted by atomic mass is 15.0. The normalized spacial score (nSPS) is 13.2. The van der Waals surface area contributed by atoms with Gasteiger partial charge >= 0.3 is 0 Å². The van der Waals surface area contributed by atoms with E-state index in [1.165, 1.54) is 16.7 Å². The van der Waals surface area contributed by atoms with Gasteiger partial charge in [-0.1, -0.05) is 38.5 Å². The molecule has 5 heteroatoms. The van der Waals surface area contributed by atoms with Crippen LogP contribution in [0.15, 0.2) is 66.8 Å². The number of benzene rings is 1. The molecule has 4 aromatic rings. The molecule has 148 valence electrons. The number of rotatable bonds is 3. The van der Waals surface area contributed by atoms with Gasteiger partial charge in [-0.25, -0.2) is 9.97 Å². The number of pyridine rings is 2. The number of nitrogens with one attached hydrogen (secondary N) is 1. The Balaban J connectivity index is 1.56. The lowest BCUT2D eigenvalue weighted by atomic mass is 9.85. The number of nitrogens with zero attached hydrogens (tertiary/aromatic N) is 4. The standard InChI is InChI=1S/C25H23N5/c1-25(2,3)19-12-17-4-5-20(14-18(17)13-19)28-24-21-15-27-11-8-22(21)29-23(30-24)16-6-9-26-10-7-16/h4-11,13-15H,12H2,1-3H3,(H,28,29,30). The van der Waals surface area contributed by atoms with Crippen LogP contribution in [-0.4, -0.2) is 19.9 Å². The maximum absolute atomic E-state index is 4.81. The molecule has 0 fully saturated rings. The van der Waals surface area contributed by atoms with Crippen LogP contribution in [0.4, 0.5) is 11.5 Å². The van der Waals surface area contributed by atoms with Gasteiger partial charge in [0, 0.05) is 36.0 Å². The lowest BCUT2D eigenvalue weighted by Crippen LogP contribution is -2.08. The third-order valence-corrected chi connectivity index (χ3v) is 5.52. The molecule has 1 aliphatic carbocycles. The Morgan fingerprint density at radius 2 is 1.70 bits per heavy atom. The van der Waals surface area contributed by atoms with Crippen LogP contribution in [0.1, 0.15) is 31.9 Å². The van der Waals surface area contributed by atoms with Crippen molar-refractivity contribution in [2.75, 3.05) is 5.32 Å². The van der Waals surface area contributed by atoms with E-state index < -0.39 is 0 Å². The van der Waals surface area contributed by atoms with Gasteiger partial charge in [-0.05, 0) is 53.3 Å². The van der Waals surface area contributed by atoms with E-state index in [2.05, 4.69) is 60.3 Å². The van der Waals surface area contributed by atoms with E-state index in [-0.39, 0.29) is 5.41 Å². The molecule has 30 heavy (non-hydrogen) atoms. The van der Waals surface area contributed by atoms with Crippen LogP contribution >= 0.6 is 0 Å². The van der Waals surface area contributed by atoms with E-state index in [1.54, 1.807) is 24.8 Å². The first-order valence-corrected chi connectivity index (χ1v) is 10.1. The molecule has 3 heterocycles. The van der Waals surface area contributed by atoms with Crippen molar-refractivity contribution in [3.8, 4) is 11.4 Å². The van der Waals surface area contributed by atoms with Crippen LogP contribution in [-0.2, 0) is 6.42 Å². The van der Waals surface area contributed by atoms with E-state index in [4.69, 9.17) is 9.97 Å². The summed E-state index contributed by atoms with van der Waals surface area (Å²) in [6.45, 7) is 6.81. The summed E-state index contributed by atoms with van der Waals surface area (Å²) in [5.41, 5.74) is 7.08. The molecule has 0 bridgehead atoms. The fourth-order valence-electron chi connectivity index (χ4n) is 3.73. The highest BCUT2D eigenvalue weighted by Crippen LogP contribution is 2.37. The molecule has 0 saturated carbocycles. The van der Waals surface area contributed by atoms with E-state index in [9.17, 15) is 0 Å². The molecule has 0 spiro atoms. The third-order valence-electron chi connectivity index (χ3n) is 5.52. The van der Waals surface area contributed by atoms with Gasteiger partial charge < -0.3 is 5.32 Å². The summed E-state index contributed by atoms with van der Waals surface area (Å²) in [5, 5.41) is 4.39. The van der Waals surface area contributed by atoms with Crippen molar-refractivity contribution in [3.05, 3.63) is 77.9 Å². The predicted octanol–water partition coefficient (Wildman–Crippen LogP) is 5.82. The second-order valence-corrected chi connectivity index (χ2v) is 8.66. The Kier molecular flexibility index (Phi) is 4.31. The van der Waals surface area contributed by atoms with E-state index in [0.29, 0.717) is 5.82 Å². The second kappa shape index (κ2) is 7.02. The van der Waals surface area contributed by atoms with Gasteiger partial charge in [-0.3, -0.25) is 9.97 Å². The smallest absolute Gasteiger partial charge is 0.162 e. The molecule has 0 atom stereocenters. The Hall–Kier alpha value is -3.60. The Labute approximate surface area is 176 Å². The summed E-state index contributed by atoms with van der Waals surface area (Å²) >= 11 is 0. The molecule has 3 aromatic heterocycles. The van der Waals surface area contributed by atoms with Crippen LogP contribution in [0.2, 0.25) is 0 Å². The molecule has 0 aliphatic heterocycles. The monoisotopic (exact) mass is 393 g/mol. The zero-order valence-corrected chi connectivity index (χ0v) is 17.3. The van der Waals surface area contributed by atoms with Gasteiger partial charge in [0.15, 0.2) is 5.82 Å². The van der Waals surface area contributed by atoms with Crippen LogP contribution < -0.4 is 5.32 Å². The van der Waals surface area contributed by atoms with Gasteiger partial charge in [0.2, 0.25) is 0 Å². The third kappa shape index (κ3) is 3.43. The van der Waals surface area contributed by atoms with Gasteiger partial charge in [0.05, 0.1) is 10.9 Å². The SMILES string of the molecule is CC(C)(C)C1=Cc2cc(Nc3nc(-c4ccncc4)nc4ccncc34)ccc2C1. The van der Waals surface area contributed by atoms with Crippen molar-refractivity contribution in [2.24, 2.45) is 5.41 Å². The maximum atomic E-state index is 4.81. The lowest BCUT2D eigenvalue weighted by molar-refractivity contribution is 0.498. The minimum atomic E-state index is 0.181. The molecule has 0 radical (unpaired) electrons. The summed E-state index contributed by atoms with van der Waals surface area (Å²) < 4.78 is 0. The largest absolute Gasteiger partial charge is 0.340 e. The van der Waals surface area contributed by atoms with Crippen molar-refractivity contribution >= 4 is 28.5 Å². The molecule has 5 nitrogen and oxygen atoms in total. The molecule has 5 rings (SSSR count). The highest BCUT2D eigenvalue weighted by Gasteiger charge is 2.23. The second-order valence-electron chi connectivity index (χ2n) is 8.66. The number of fused-ring (bicyclic) bond motifs is 2. The zero-order valence-electron chi connectivity index (χ0n) is 17.3. The Morgan fingerprint density at radius 3 is 2.50 bits per heavy atom. The zero-order chi connectivity index (χ0) is 20.7. The van der Waals surface area contributed by atoms with Gasteiger partial charge in [-0.15, -0.1) is 0 Å². The van der Waals surface area contributed by atoms with Crippen LogP contribution in [0.3, 0.4) is 0 Å². The highest BCUT2D eigenvalue weighted by molar-refractivity contribution is 5.91. The summed E-state index contributed by atoms with van der Waals surface area (Å²) in [5.74, 6) is 1.41. The minimum Gasteiger partial charge on any atom is -0.340 e. The molecular formula is C25H23N5. The summed E-state index contributed by atoms with van der Waals surface area (Å²) in [4.78, 5) is 17.9. The summed E-state index contributed by atoms with van der Waals surface area (Å²) in [6, 6.07) is 12.3. The van der Waals surface area contributed by atoms with E-state index >= 15 is 0 Å². The number of anilines is 2. The van der Waals surface area contributed by atoms with Gasteiger partial charge in [0.1, 0.15) is 5.82 Å². The number of hydrogen-bond donors (Lipinski definition) is 1. The van der Waals surface area contributed by atoms with Crippen LogP contribution in [0.5, 0.6) is 0 Å². The first-order chi connectivity index (χ1) is 14.5. The first kappa shape index (κ1) is 18.4. The maximum Gasteiger partial charge on any atom is 0.162 e. The average molecular weight is 393 g/mol. The van der Waals surface area contributed by atoms with Crippen molar-refractivity contribution < 1.29 is 0 Å². The van der Waals surface area contributed by atoms with Crippen molar-refractivity contribution in [1.29, 1.82) is 0 Å². The number of hydrogen-bond acceptors (Lipinski definition) is 5. The summed E-state index contributed by atoms with van der Waals surface area (Å²) in [7, 11) is 0. The fourth-order valence-corrected chi connectivity index (χ4v) is 3.73. The minimum absolute atomic E-state index is 0.181. The number of allylic oxidation sites excluding steroid dienone is 1. The van der Waals surface area contributed by atoms with Crippen LogP contribution in [0.25, 0.3) is 28.4 Å². The summed E-state index contributed by atoms with van der Waals surface area (Å²) in [6.07, 6.45) is 10.4. The van der Waals surface area contributed by atoms with Crippen molar-refractivity contribution in [3.63, 3.8) is 0 Å². The van der Waals surface area contributed by atoms with Gasteiger partial charge in [0.25, 0.3) is 0 Å². The Morgan fingerprint density at radius 1 is 0.900 bits per heavy atom. The lowest BCUT2D eigenvalue weighted by Gasteiger charge is -2.19. The van der Waals surface area contributed by atoms with E-state index in [1.807, 2.05) is 18.2 Å². The van der Waals surface area contributed by atoms with Crippen molar-refractivity contribution in [2.45, 2.75) is 27.2 Å².